The van der Waals surface area contributed by atoms with E-state index in [1.54, 1.807) is 12.1 Å². The van der Waals surface area contributed by atoms with Crippen LogP contribution in [0.5, 0.6) is 0 Å². The molecule has 110 valence electrons. The zero-order valence-corrected chi connectivity index (χ0v) is 12.1. The molecule has 1 saturated carbocycles. The van der Waals surface area contributed by atoms with Crippen LogP contribution in [0.1, 0.15) is 39.5 Å². The standard InChI is InChI=1S/C16H22FNO2/c1-3-20-15(19)16(10-4-5-12(2)11-16)18-14-8-6-13(17)7-9-14/h6-9,12,18H,3-5,10-11H2,1-2H3. The molecular weight excluding hydrogens is 257 g/mol. The Bertz CT molecular complexity index is 460. The van der Waals surface area contributed by atoms with Gasteiger partial charge in [0.25, 0.3) is 0 Å². The molecule has 0 saturated heterocycles. The molecule has 1 fully saturated rings. The van der Waals surface area contributed by atoms with E-state index >= 15 is 0 Å². The van der Waals surface area contributed by atoms with Gasteiger partial charge in [0.05, 0.1) is 6.61 Å². The Balaban J connectivity index is 2.21. The lowest BCUT2D eigenvalue weighted by Crippen LogP contribution is -2.50. The molecule has 1 aromatic carbocycles. The van der Waals surface area contributed by atoms with Gasteiger partial charge in [-0.15, -0.1) is 0 Å². The van der Waals surface area contributed by atoms with Gasteiger partial charge in [-0.05, 0) is 49.9 Å². The van der Waals surface area contributed by atoms with Gasteiger partial charge >= 0.3 is 5.97 Å². The molecule has 1 aliphatic carbocycles. The van der Waals surface area contributed by atoms with Gasteiger partial charge < -0.3 is 10.1 Å². The highest BCUT2D eigenvalue weighted by Crippen LogP contribution is 2.36. The minimum Gasteiger partial charge on any atom is -0.464 e. The zero-order valence-electron chi connectivity index (χ0n) is 12.1. The second-order valence-electron chi connectivity index (χ2n) is 5.64. The van der Waals surface area contributed by atoms with Crippen LogP contribution in [-0.4, -0.2) is 18.1 Å². The summed E-state index contributed by atoms with van der Waals surface area (Å²) in [6.07, 6.45) is 3.64. The highest BCUT2D eigenvalue weighted by molar-refractivity contribution is 5.84. The van der Waals surface area contributed by atoms with Gasteiger partial charge in [0.2, 0.25) is 0 Å². The number of nitrogens with one attached hydrogen (secondary N) is 1. The third-order valence-electron chi connectivity index (χ3n) is 3.89. The molecule has 3 nitrogen and oxygen atoms in total. The summed E-state index contributed by atoms with van der Waals surface area (Å²) >= 11 is 0. The molecule has 20 heavy (non-hydrogen) atoms. The Morgan fingerprint density at radius 2 is 2.15 bits per heavy atom. The molecule has 0 aromatic heterocycles. The predicted octanol–water partition coefficient (Wildman–Crippen LogP) is 3.75. The lowest BCUT2D eigenvalue weighted by atomic mass is 9.76. The van der Waals surface area contributed by atoms with Gasteiger partial charge in [0.1, 0.15) is 11.4 Å². The number of carbonyl (C=O) groups excluding carboxylic acids is 1. The normalized spacial score (nSPS) is 26.1. The highest BCUT2D eigenvalue weighted by Gasteiger charge is 2.43. The van der Waals surface area contributed by atoms with Crippen LogP contribution in [0, 0.1) is 11.7 Å². The summed E-state index contributed by atoms with van der Waals surface area (Å²) in [5, 5.41) is 3.30. The summed E-state index contributed by atoms with van der Waals surface area (Å²) < 4.78 is 18.2. The monoisotopic (exact) mass is 279 g/mol. The van der Waals surface area contributed by atoms with Crippen LogP contribution in [0.15, 0.2) is 24.3 Å². The Kier molecular flexibility index (Phi) is 4.63. The minimum absolute atomic E-state index is 0.198. The number of hydrogen-bond donors (Lipinski definition) is 1. The molecule has 4 heteroatoms. The number of rotatable bonds is 4. The molecule has 0 heterocycles. The lowest BCUT2D eigenvalue weighted by molar-refractivity contribution is -0.150. The Hall–Kier alpha value is -1.58. The Morgan fingerprint density at radius 1 is 1.45 bits per heavy atom. The predicted molar refractivity (Wildman–Crippen MR) is 77.0 cm³/mol. The van der Waals surface area contributed by atoms with E-state index < -0.39 is 5.54 Å². The molecule has 0 spiro atoms. The summed E-state index contributed by atoms with van der Waals surface area (Å²) in [7, 11) is 0. The van der Waals surface area contributed by atoms with Gasteiger partial charge in [-0.3, -0.25) is 0 Å². The molecule has 0 bridgehead atoms. The van der Waals surface area contributed by atoms with Gasteiger partial charge in [0, 0.05) is 5.69 Å². The van der Waals surface area contributed by atoms with Gasteiger partial charge in [-0.1, -0.05) is 19.8 Å². The third-order valence-corrected chi connectivity index (χ3v) is 3.89. The first-order valence-electron chi connectivity index (χ1n) is 7.27. The van der Waals surface area contributed by atoms with Crippen LogP contribution >= 0.6 is 0 Å². The SMILES string of the molecule is CCOC(=O)C1(Nc2ccc(F)cc2)CCCC(C)C1. The van der Waals surface area contributed by atoms with E-state index in [1.165, 1.54) is 12.1 Å². The molecule has 1 N–H and O–H groups in total. The summed E-state index contributed by atoms with van der Waals surface area (Å²) in [4.78, 5) is 12.4. The van der Waals surface area contributed by atoms with Crippen molar-refractivity contribution >= 4 is 11.7 Å². The van der Waals surface area contributed by atoms with Gasteiger partial charge in [-0.2, -0.15) is 0 Å². The van der Waals surface area contributed by atoms with Crippen molar-refractivity contribution in [3.05, 3.63) is 30.1 Å². The highest BCUT2D eigenvalue weighted by atomic mass is 19.1. The largest absolute Gasteiger partial charge is 0.464 e. The number of hydrogen-bond acceptors (Lipinski definition) is 3. The number of ether oxygens (including phenoxy) is 1. The molecule has 2 rings (SSSR count). The van der Waals surface area contributed by atoms with E-state index in [2.05, 4.69) is 12.2 Å². The van der Waals surface area contributed by atoms with Crippen LogP contribution < -0.4 is 5.32 Å². The van der Waals surface area contributed by atoms with E-state index in [-0.39, 0.29) is 11.8 Å². The fraction of sp³-hybridized carbons (Fsp3) is 0.562. The first kappa shape index (κ1) is 14.8. The fourth-order valence-corrected chi connectivity index (χ4v) is 2.98. The van der Waals surface area contributed by atoms with Crippen molar-refractivity contribution in [2.45, 2.75) is 45.1 Å². The maximum absolute atomic E-state index is 13.0. The Labute approximate surface area is 119 Å². The van der Waals surface area contributed by atoms with Crippen LogP contribution in [0.3, 0.4) is 0 Å². The van der Waals surface area contributed by atoms with Gasteiger partial charge in [0.15, 0.2) is 0 Å². The van der Waals surface area contributed by atoms with E-state index in [0.29, 0.717) is 12.5 Å². The van der Waals surface area contributed by atoms with E-state index in [0.717, 1.165) is 31.4 Å². The molecule has 1 aliphatic rings. The molecule has 0 amide bonds. The third kappa shape index (κ3) is 3.30. The van der Waals surface area contributed by atoms with Gasteiger partial charge in [-0.25, -0.2) is 9.18 Å². The summed E-state index contributed by atoms with van der Waals surface area (Å²) in [5.74, 6) is -0.00488. The van der Waals surface area contributed by atoms with Crippen molar-refractivity contribution in [3.8, 4) is 0 Å². The zero-order chi connectivity index (χ0) is 14.6. The average Bonchev–Trinajstić information content (AvgIpc) is 2.42. The first-order valence-corrected chi connectivity index (χ1v) is 7.27. The summed E-state index contributed by atoms with van der Waals surface area (Å²) in [6, 6.07) is 6.12. The fourth-order valence-electron chi connectivity index (χ4n) is 2.98. The van der Waals surface area contributed by atoms with Crippen LogP contribution in [0.25, 0.3) is 0 Å². The average molecular weight is 279 g/mol. The van der Waals surface area contributed by atoms with Crippen molar-refractivity contribution in [2.75, 3.05) is 11.9 Å². The molecule has 2 unspecified atom stereocenters. The van der Waals surface area contributed by atoms with Crippen molar-refractivity contribution < 1.29 is 13.9 Å². The second-order valence-corrected chi connectivity index (χ2v) is 5.64. The molecule has 2 atom stereocenters. The smallest absolute Gasteiger partial charge is 0.331 e. The lowest BCUT2D eigenvalue weighted by Gasteiger charge is -2.39. The first-order chi connectivity index (χ1) is 9.55. The topological polar surface area (TPSA) is 38.3 Å². The molecule has 1 aromatic rings. The molecule has 0 radical (unpaired) electrons. The number of esters is 1. The number of benzene rings is 1. The van der Waals surface area contributed by atoms with Crippen molar-refractivity contribution in [1.82, 2.24) is 0 Å². The van der Waals surface area contributed by atoms with Crippen LogP contribution in [0.4, 0.5) is 10.1 Å². The maximum atomic E-state index is 13.0. The van der Waals surface area contributed by atoms with E-state index in [1.807, 2.05) is 6.92 Å². The number of carbonyl (C=O) groups is 1. The summed E-state index contributed by atoms with van der Waals surface area (Å²) in [6.45, 7) is 4.34. The Morgan fingerprint density at radius 3 is 2.75 bits per heavy atom. The van der Waals surface area contributed by atoms with Crippen LogP contribution in [-0.2, 0) is 9.53 Å². The van der Waals surface area contributed by atoms with E-state index in [4.69, 9.17) is 4.74 Å². The van der Waals surface area contributed by atoms with Crippen molar-refractivity contribution in [2.24, 2.45) is 5.92 Å². The number of anilines is 1. The van der Waals surface area contributed by atoms with Crippen molar-refractivity contribution in [3.63, 3.8) is 0 Å². The quantitative estimate of drug-likeness (QED) is 0.853. The maximum Gasteiger partial charge on any atom is 0.331 e. The summed E-state index contributed by atoms with van der Waals surface area (Å²) in [5.41, 5.74) is 0.0828. The van der Waals surface area contributed by atoms with Crippen LogP contribution in [0.2, 0.25) is 0 Å². The molecular formula is C16H22FNO2. The van der Waals surface area contributed by atoms with E-state index in [9.17, 15) is 9.18 Å². The number of halogens is 1. The van der Waals surface area contributed by atoms with Crippen molar-refractivity contribution in [1.29, 1.82) is 0 Å². The second kappa shape index (κ2) is 6.25. The molecule has 0 aliphatic heterocycles. The minimum atomic E-state index is -0.675.